The number of piperidine rings is 1. The van der Waals surface area contributed by atoms with Crippen molar-refractivity contribution >= 4 is 23.2 Å². The van der Waals surface area contributed by atoms with Gasteiger partial charge in [-0.3, -0.25) is 0 Å². The SMILES string of the molecule is Clc1ncc(COC[C@H]2CCCCN2)c(Cl)n1. The first kappa shape index (κ1) is 13.0. The van der Waals surface area contributed by atoms with E-state index in [1.54, 1.807) is 6.20 Å². The van der Waals surface area contributed by atoms with Crippen molar-refractivity contribution < 1.29 is 4.74 Å². The van der Waals surface area contributed by atoms with E-state index in [1.165, 1.54) is 19.3 Å². The molecule has 0 bridgehead atoms. The molecule has 1 saturated heterocycles. The van der Waals surface area contributed by atoms with Crippen LogP contribution in [0.5, 0.6) is 0 Å². The average molecular weight is 276 g/mol. The molecule has 2 heterocycles. The lowest BCUT2D eigenvalue weighted by atomic mass is 10.1. The van der Waals surface area contributed by atoms with E-state index in [9.17, 15) is 0 Å². The molecule has 4 nitrogen and oxygen atoms in total. The molecule has 17 heavy (non-hydrogen) atoms. The van der Waals surface area contributed by atoms with E-state index < -0.39 is 0 Å². The van der Waals surface area contributed by atoms with E-state index >= 15 is 0 Å². The van der Waals surface area contributed by atoms with Crippen molar-refractivity contribution in [2.75, 3.05) is 13.2 Å². The van der Waals surface area contributed by atoms with Gasteiger partial charge in [-0.05, 0) is 31.0 Å². The van der Waals surface area contributed by atoms with Gasteiger partial charge in [0.2, 0.25) is 5.28 Å². The fraction of sp³-hybridized carbons (Fsp3) is 0.636. The van der Waals surface area contributed by atoms with Crippen molar-refractivity contribution in [1.82, 2.24) is 15.3 Å². The number of nitrogens with zero attached hydrogens (tertiary/aromatic N) is 2. The number of hydrogen-bond donors (Lipinski definition) is 1. The monoisotopic (exact) mass is 275 g/mol. The summed E-state index contributed by atoms with van der Waals surface area (Å²) in [5.41, 5.74) is 0.770. The van der Waals surface area contributed by atoms with Gasteiger partial charge in [0.1, 0.15) is 5.15 Å². The maximum absolute atomic E-state index is 5.92. The van der Waals surface area contributed by atoms with Crippen LogP contribution in [-0.4, -0.2) is 29.2 Å². The number of halogens is 2. The first-order valence-electron chi connectivity index (χ1n) is 5.74. The van der Waals surface area contributed by atoms with Crippen molar-refractivity contribution in [3.05, 3.63) is 22.2 Å². The third-order valence-corrected chi connectivity index (χ3v) is 3.28. The van der Waals surface area contributed by atoms with E-state index in [0.29, 0.717) is 24.4 Å². The number of aromatic nitrogens is 2. The average Bonchev–Trinajstić information content (AvgIpc) is 2.33. The van der Waals surface area contributed by atoms with Crippen LogP contribution in [0.15, 0.2) is 6.20 Å². The Kier molecular flexibility index (Phi) is 4.98. The van der Waals surface area contributed by atoms with Gasteiger partial charge >= 0.3 is 0 Å². The molecule has 0 aromatic carbocycles. The highest BCUT2D eigenvalue weighted by molar-refractivity contribution is 6.32. The molecule has 1 atom stereocenters. The van der Waals surface area contributed by atoms with Crippen LogP contribution in [-0.2, 0) is 11.3 Å². The van der Waals surface area contributed by atoms with Gasteiger partial charge in [0, 0.05) is 17.8 Å². The van der Waals surface area contributed by atoms with E-state index in [2.05, 4.69) is 15.3 Å². The zero-order valence-electron chi connectivity index (χ0n) is 9.46. The van der Waals surface area contributed by atoms with Crippen LogP contribution in [0.1, 0.15) is 24.8 Å². The molecule has 0 saturated carbocycles. The van der Waals surface area contributed by atoms with E-state index in [1.807, 2.05) is 0 Å². The molecular weight excluding hydrogens is 261 g/mol. The fourth-order valence-electron chi connectivity index (χ4n) is 1.84. The Bertz CT molecular complexity index is 370. The van der Waals surface area contributed by atoms with Crippen LogP contribution in [0.3, 0.4) is 0 Å². The molecule has 0 spiro atoms. The first-order valence-corrected chi connectivity index (χ1v) is 6.49. The Labute approximate surface area is 111 Å². The van der Waals surface area contributed by atoms with Gasteiger partial charge < -0.3 is 10.1 Å². The molecule has 94 valence electrons. The normalized spacial score (nSPS) is 20.5. The van der Waals surface area contributed by atoms with E-state index in [-0.39, 0.29) is 5.28 Å². The molecule has 1 aromatic rings. The number of hydrogen-bond acceptors (Lipinski definition) is 4. The summed E-state index contributed by atoms with van der Waals surface area (Å²) < 4.78 is 5.61. The summed E-state index contributed by atoms with van der Waals surface area (Å²) in [6, 6.07) is 0.454. The molecule has 0 aliphatic carbocycles. The fourth-order valence-corrected chi connectivity index (χ4v) is 2.20. The zero-order chi connectivity index (χ0) is 12.1. The lowest BCUT2D eigenvalue weighted by Crippen LogP contribution is -2.37. The second kappa shape index (κ2) is 6.50. The third kappa shape index (κ3) is 4.07. The van der Waals surface area contributed by atoms with Crippen LogP contribution in [0.4, 0.5) is 0 Å². The molecular formula is C11H15Cl2N3O. The van der Waals surface area contributed by atoms with Crippen LogP contribution in [0.25, 0.3) is 0 Å². The van der Waals surface area contributed by atoms with Gasteiger partial charge in [-0.2, -0.15) is 0 Å². The third-order valence-electron chi connectivity index (χ3n) is 2.77. The number of rotatable bonds is 4. The van der Waals surface area contributed by atoms with Crippen LogP contribution in [0, 0.1) is 0 Å². The Morgan fingerprint density at radius 1 is 1.41 bits per heavy atom. The topological polar surface area (TPSA) is 47.0 Å². The second-order valence-corrected chi connectivity index (χ2v) is 4.81. The lowest BCUT2D eigenvalue weighted by molar-refractivity contribution is 0.0908. The summed E-state index contributed by atoms with van der Waals surface area (Å²) in [7, 11) is 0. The van der Waals surface area contributed by atoms with Gasteiger partial charge in [0.05, 0.1) is 13.2 Å². The molecule has 1 aliphatic heterocycles. The molecule has 1 aromatic heterocycles. The molecule has 0 radical (unpaired) electrons. The van der Waals surface area contributed by atoms with Crippen molar-refractivity contribution in [1.29, 1.82) is 0 Å². The van der Waals surface area contributed by atoms with Crippen LogP contribution >= 0.6 is 23.2 Å². The molecule has 1 aliphatic rings. The predicted molar refractivity (Wildman–Crippen MR) is 67.3 cm³/mol. The number of ether oxygens (including phenoxy) is 1. The minimum Gasteiger partial charge on any atom is -0.375 e. The standard InChI is InChI=1S/C11H15Cl2N3O/c12-10-8(5-15-11(13)16-10)6-17-7-9-3-1-2-4-14-9/h5,9,14H,1-4,6-7H2/t9-/m1/s1. The summed E-state index contributed by atoms with van der Waals surface area (Å²) in [5, 5.41) is 3.94. The highest BCUT2D eigenvalue weighted by Crippen LogP contribution is 2.15. The van der Waals surface area contributed by atoms with Gasteiger partial charge in [-0.1, -0.05) is 18.0 Å². The summed E-state index contributed by atoms with van der Waals surface area (Å²) in [5.74, 6) is 0. The van der Waals surface area contributed by atoms with Crippen molar-refractivity contribution in [3.63, 3.8) is 0 Å². The smallest absolute Gasteiger partial charge is 0.223 e. The van der Waals surface area contributed by atoms with E-state index in [4.69, 9.17) is 27.9 Å². The Hall–Kier alpha value is -0.420. The molecule has 2 rings (SSSR count). The summed E-state index contributed by atoms with van der Waals surface area (Å²) >= 11 is 11.5. The highest BCUT2D eigenvalue weighted by Gasteiger charge is 2.12. The molecule has 1 fully saturated rings. The quantitative estimate of drug-likeness (QED) is 0.677. The van der Waals surface area contributed by atoms with Gasteiger partial charge in [-0.15, -0.1) is 0 Å². The molecule has 0 unspecified atom stereocenters. The molecule has 0 amide bonds. The maximum Gasteiger partial charge on any atom is 0.223 e. The van der Waals surface area contributed by atoms with E-state index in [0.717, 1.165) is 12.1 Å². The molecule has 1 N–H and O–H groups in total. The van der Waals surface area contributed by atoms with Crippen molar-refractivity contribution in [2.24, 2.45) is 0 Å². The van der Waals surface area contributed by atoms with Crippen LogP contribution < -0.4 is 5.32 Å². The Morgan fingerprint density at radius 3 is 3.00 bits per heavy atom. The van der Waals surface area contributed by atoms with Crippen molar-refractivity contribution in [2.45, 2.75) is 31.9 Å². The first-order chi connectivity index (χ1) is 8.25. The van der Waals surface area contributed by atoms with Crippen LogP contribution in [0.2, 0.25) is 10.4 Å². The van der Waals surface area contributed by atoms with Crippen molar-refractivity contribution in [3.8, 4) is 0 Å². The predicted octanol–water partition coefficient (Wildman–Crippen LogP) is 2.44. The minimum atomic E-state index is 0.160. The number of nitrogens with one attached hydrogen (secondary N) is 1. The van der Waals surface area contributed by atoms with Gasteiger partial charge in [0.15, 0.2) is 0 Å². The lowest BCUT2D eigenvalue weighted by Gasteiger charge is -2.23. The summed E-state index contributed by atoms with van der Waals surface area (Å²) in [6.45, 7) is 2.20. The summed E-state index contributed by atoms with van der Waals surface area (Å²) in [6.07, 6.45) is 5.30. The zero-order valence-corrected chi connectivity index (χ0v) is 11.0. The highest BCUT2D eigenvalue weighted by atomic mass is 35.5. The Balaban J connectivity index is 1.77. The summed E-state index contributed by atoms with van der Waals surface area (Å²) in [4.78, 5) is 7.74. The Morgan fingerprint density at radius 2 is 2.29 bits per heavy atom. The molecule has 6 heteroatoms. The van der Waals surface area contributed by atoms with Gasteiger partial charge in [-0.25, -0.2) is 9.97 Å². The van der Waals surface area contributed by atoms with Gasteiger partial charge in [0.25, 0.3) is 0 Å². The minimum absolute atomic E-state index is 0.160. The largest absolute Gasteiger partial charge is 0.375 e. The second-order valence-electron chi connectivity index (χ2n) is 4.12. The maximum atomic E-state index is 5.92.